The van der Waals surface area contributed by atoms with Crippen LogP contribution in [0.3, 0.4) is 0 Å². The molecule has 0 amide bonds. The van der Waals surface area contributed by atoms with Crippen LogP contribution in [0.2, 0.25) is 5.02 Å². The minimum Gasteiger partial charge on any atom is -0.384 e. The third-order valence-electron chi connectivity index (χ3n) is 3.07. The van der Waals surface area contributed by atoms with Crippen LogP contribution in [-0.2, 0) is 6.42 Å². The second-order valence-corrected chi connectivity index (χ2v) is 5.77. The van der Waals surface area contributed by atoms with Crippen molar-refractivity contribution in [2.45, 2.75) is 6.42 Å². The predicted octanol–water partition coefficient (Wildman–Crippen LogP) is 3.10. The number of aromatic nitrogens is 1. The minimum absolute atomic E-state index is 0.0147. The molecule has 1 heterocycles. The van der Waals surface area contributed by atoms with E-state index in [1.807, 2.05) is 19.0 Å². The minimum atomic E-state index is -0.971. The molecule has 0 atom stereocenters. The van der Waals surface area contributed by atoms with Crippen LogP contribution in [0.1, 0.15) is 16.8 Å². The van der Waals surface area contributed by atoms with Gasteiger partial charge in [-0.25, -0.2) is 13.8 Å². The van der Waals surface area contributed by atoms with E-state index in [0.29, 0.717) is 22.7 Å². The quantitative estimate of drug-likeness (QED) is 0.876. The number of anilines is 1. The summed E-state index contributed by atoms with van der Waals surface area (Å²) in [6, 6.07) is 5.73. The van der Waals surface area contributed by atoms with E-state index in [9.17, 15) is 8.78 Å². The number of nitrogen functional groups attached to an aromatic ring is 1. The van der Waals surface area contributed by atoms with Gasteiger partial charge in [-0.1, -0.05) is 17.5 Å². The van der Waals surface area contributed by atoms with Crippen LogP contribution in [0.25, 0.3) is 0 Å². The van der Waals surface area contributed by atoms with Gasteiger partial charge in [0.15, 0.2) is 11.6 Å². The summed E-state index contributed by atoms with van der Waals surface area (Å²) >= 11 is 5.86. The fourth-order valence-corrected chi connectivity index (χ4v) is 2.16. The van der Waals surface area contributed by atoms with Crippen LogP contribution in [-0.4, -0.2) is 30.5 Å². The highest BCUT2D eigenvalue weighted by atomic mass is 35.5. The molecule has 0 spiro atoms. The van der Waals surface area contributed by atoms with Crippen molar-refractivity contribution in [3.63, 3.8) is 0 Å². The lowest BCUT2D eigenvalue weighted by Crippen LogP contribution is -2.15. The van der Waals surface area contributed by atoms with E-state index >= 15 is 0 Å². The maximum absolute atomic E-state index is 13.9. The first-order valence-corrected chi connectivity index (χ1v) is 7.30. The molecule has 6 heteroatoms. The monoisotopic (exact) mass is 335 g/mol. The van der Waals surface area contributed by atoms with Crippen molar-refractivity contribution in [2.24, 2.45) is 0 Å². The Bertz CT molecular complexity index is 759. The SMILES string of the molecule is CN(C)CCc1cc(F)c(F)c(C#Cc2cc(Cl)cc(N)n2)c1. The van der Waals surface area contributed by atoms with Gasteiger partial charge >= 0.3 is 0 Å². The summed E-state index contributed by atoms with van der Waals surface area (Å²) < 4.78 is 27.6. The molecule has 2 rings (SSSR count). The van der Waals surface area contributed by atoms with Crippen molar-refractivity contribution >= 4 is 17.4 Å². The first-order valence-electron chi connectivity index (χ1n) is 6.93. The van der Waals surface area contributed by atoms with E-state index in [2.05, 4.69) is 16.8 Å². The molecule has 0 aliphatic carbocycles. The molecule has 0 fully saturated rings. The molecule has 3 nitrogen and oxygen atoms in total. The molecule has 1 aromatic heterocycles. The number of nitrogens with zero attached hydrogens (tertiary/aromatic N) is 2. The summed E-state index contributed by atoms with van der Waals surface area (Å²) in [6.45, 7) is 0.727. The Morgan fingerprint density at radius 3 is 2.57 bits per heavy atom. The summed E-state index contributed by atoms with van der Waals surface area (Å²) in [5.41, 5.74) is 6.54. The molecule has 0 saturated heterocycles. The molecule has 0 saturated carbocycles. The maximum atomic E-state index is 13.9. The Morgan fingerprint density at radius 2 is 1.91 bits per heavy atom. The van der Waals surface area contributed by atoms with E-state index in [1.165, 1.54) is 18.2 Å². The van der Waals surface area contributed by atoms with Gasteiger partial charge in [-0.2, -0.15) is 0 Å². The Morgan fingerprint density at radius 1 is 1.17 bits per heavy atom. The summed E-state index contributed by atoms with van der Waals surface area (Å²) in [5.74, 6) is 3.59. The number of rotatable bonds is 3. The molecule has 0 aliphatic rings. The smallest absolute Gasteiger partial charge is 0.174 e. The van der Waals surface area contributed by atoms with E-state index < -0.39 is 11.6 Å². The lowest BCUT2D eigenvalue weighted by atomic mass is 10.1. The van der Waals surface area contributed by atoms with Crippen molar-refractivity contribution in [1.29, 1.82) is 0 Å². The molecule has 0 radical (unpaired) electrons. The van der Waals surface area contributed by atoms with Gasteiger partial charge in [-0.3, -0.25) is 0 Å². The number of nitrogens with two attached hydrogens (primary N) is 1. The fourth-order valence-electron chi connectivity index (χ4n) is 1.95. The number of hydrogen-bond donors (Lipinski definition) is 1. The van der Waals surface area contributed by atoms with Gasteiger partial charge in [0.25, 0.3) is 0 Å². The highest BCUT2D eigenvalue weighted by Crippen LogP contribution is 2.16. The van der Waals surface area contributed by atoms with Crippen LogP contribution in [0.5, 0.6) is 0 Å². The lowest BCUT2D eigenvalue weighted by Gasteiger charge is -2.10. The molecule has 0 bridgehead atoms. The van der Waals surface area contributed by atoms with Gasteiger partial charge in [-0.05, 0) is 56.3 Å². The Balaban J connectivity index is 2.34. The number of benzene rings is 1. The van der Waals surface area contributed by atoms with Crippen LogP contribution in [0.15, 0.2) is 24.3 Å². The molecule has 0 unspecified atom stereocenters. The van der Waals surface area contributed by atoms with Crippen LogP contribution in [0.4, 0.5) is 14.6 Å². The zero-order chi connectivity index (χ0) is 17.0. The molecular weight excluding hydrogens is 320 g/mol. The number of likely N-dealkylation sites (N-methyl/N-ethyl adjacent to an activating group) is 1. The molecule has 1 aromatic carbocycles. The number of halogens is 3. The zero-order valence-electron chi connectivity index (χ0n) is 12.8. The summed E-state index contributed by atoms with van der Waals surface area (Å²) in [4.78, 5) is 5.94. The van der Waals surface area contributed by atoms with Crippen molar-refractivity contribution in [2.75, 3.05) is 26.4 Å². The fraction of sp³-hybridized carbons (Fsp3) is 0.235. The second kappa shape index (κ2) is 7.40. The van der Waals surface area contributed by atoms with Gasteiger partial charge in [0.05, 0.1) is 5.56 Å². The van der Waals surface area contributed by atoms with Crippen molar-refractivity contribution in [3.05, 3.63) is 57.7 Å². The van der Waals surface area contributed by atoms with Crippen molar-refractivity contribution in [1.82, 2.24) is 9.88 Å². The lowest BCUT2D eigenvalue weighted by molar-refractivity contribution is 0.412. The van der Waals surface area contributed by atoms with E-state index in [-0.39, 0.29) is 11.4 Å². The topological polar surface area (TPSA) is 42.1 Å². The van der Waals surface area contributed by atoms with Gasteiger partial charge in [-0.15, -0.1) is 0 Å². The van der Waals surface area contributed by atoms with Gasteiger partial charge < -0.3 is 10.6 Å². The van der Waals surface area contributed by atoms with Gasteiger partial charge in [0.2, 0.25) is 0 Å². The Hall–Kier alpha value is -2.16. The third-order valence-corrected chi connectivity index (χ3v) is 3.29. The first kappa shape index (κ1) is 17.2. The van der Waals surface area contributed by atoms with Gasteiger partial charge in [0, 0.05) is 11.6 Å². The molecule has 0 aliphatic heterocycles. The summed E-state index contributed by atoms with van der Waals surface area (Å²) in [5, 5.41) is 0.383. The van der Waals surface area contributed by atoms with Crippen molar-refractivity contribution < 1.29 is 8.78 Å². The largest absolute Gasteiger partial charge is 0.384 e. The second-order valence-electron chi connectivity index (χ2n) is 5.34. The molecule has 120 valence electrons. The van der Waals surface area contributed by atoms with Crippen LogP contribution in [0, 0.1) is 23.5 Å². The van der Waals surface area contributed by atoms with E-state index in [0.717, 1.165) is 6.54 Å². The maximum Gasteiger partial charge on any atom is 0.174 e. The van der Waals surface area contributed by atoms with Crippen LogP contribution >= 0.6 is 11.6 Å². The van der Waals surface area contributed by atoms with Gasteiger partial charge in [0.1, 0.15) is 11.5 Å². The Kier molecular flexibility index (Phi) is 5.54. The average Bonchev–Trinajstić information content (AvgIpc) is 2.46. The number of pyridine rings is 1. The highest BCUT2D eigenvalue weighted by molar-refractivity contribution is 6.30. The third kappa shape index (κ3) is 4.92. The van der Waals surface area contributed by atoms with Crippen LogP contribution < -0.4 is 5.73 Å². The molecule has 2 aromatic rings. The van der Waals surface area contributed by atoms with E-state index in [1.54, 1.807) is 6.07 Å². The zero-order valence-corrected chi connectivity index (χ0v) is 13.6. The highest BCUT2D eigenvalue weighted by Gasteiger charge is 2.09. The standard InChI is InChI=1S/C17H16ClF2N3/c1-23(2)6-5-11-7-12(17(20)15(19)8-11)3-4-14-9-13(18)10-16(21)22-14/h7-10H,5-6H2,1-2H3,(H2,21,22). The normalized spacial score (nSPS) is 10.5. The van der Waals surface area contributed by atoms with E-state index in [4.69, 9.17) is 17.3 Å². The molecule has 2 N–H and O–H groups in total. The molecule has 23 heavy (non-hydrogen) atoms. The van der Waals surface area contributed by atoms with Crippen molar-refractivity contribution in [3.8, 4) is 11.8 Å². The Labute approximate surface area is 139 Å². The number of hydrogen-bond acceptors (Lipinski definition) is 3. The summed E-state index contributed by atoms with van der Waals surface area (Å²) in [7, 11) is 3.83. The summed E-state index contributed by atoms with van der Waals surface area (Å²) in [6.07, 6.45) is 0.598. The average molecular weight is 336 g/mol. The molecular formula is C17H16ClF2N3. The first-order chi connectivity index (χ1) is 10.8. The predicted molar refractivity (Wildman–Crippen MR) is 88.3 cm³/mol.